The van der Waals surface area contributed by atoms with Crippen LogP contribution in [0.2, 0.25) is 0 Å². The van der Waals surface area contributed by atoms with E-state index in [2.05, 4.69) is 15.0 Å². The first-order valence-electron chi connectivity index (χ1n) is 11.0. The third-order valence-electron chi connectivity index (χ3n) is 6.68. The third kappa shape index (κ3) is 3.06. The Hall–Kier alpha value is -3.95. The zero-order chi connectivity index (χ0) is 25.6. The molecule has 10 heteroatoms. The fraction of sp³-hybridized carbons (Fsp3) is 0.192. The maximum atomic E-state index is 13.6. The largest absolute Gasteiger partial charge is 0.451 e. The molecule has 1 aliphatic carbocycles. The predicted molar refractivity (Wildman–Crippen MR) is 122 cm³/mol. The molecule has 0 amide bonds. The van der Waals surface area contributed by atoms with Gasteiger partial charge in [-0.1, -0.05) is 68.4 Å². The maximum absolute atomic E-state index is 13.6. The highest BCUT2D eigenvalue weighted by atomic mass is 19.4. The Balaban J connectivity index is 1.80. The van der Waals surface area contributed by atoms with Crippen LogP contribution in [0, 0.1) is 0 Å². The van der Waals surface area contributed by atoms with E-state index in [1.807, 2.05) is 50.2 Å². The van der Waals surface area contributed by atoms with Gasteiger partial charge in [0.25, 0.3) is 0 Å². The van der Waals surface area contributed by atoms with E-state index in [1.165, 1.54) is 4.57 Å². The first kappa shape index (κ1) is 22.5. The molecule has 0 atom stereocenters. The summed E-state index contributed by atoms with van der Waals surface area (Å²) in [5.41, 5.74) is 3.85. The van der Waals surface area contributed by atoms with E-state index in [0.717, 1.165) is 22.3 Å². The van der Waals surface area contributed by atoms with E-state index < -0.39 is 35.4 Å². The highest BCUT2D eigenvalue weighted by Crippen LogP contribution is 2.52. The summed E-state index contributed by atoms with van der Waals surface area (Å²) in [7, 11) is 0. The minimum absolute atomic E-state index is 0.389. The van der Waals surface area contributed by atoms with Crippen LogP contribution in [-0.4, -0.2) is 19.5 Å². The number of nitrogens with zero attached hydrogens (tertiary/aromatic N) is 4. The standard InChI is InChI=1S/C26H16F6N4/c1-24(2)17-9-5-3-7-13(17)15-11-12-16-14-8-4-6-10-18(14)36(20(16)19(15)24)23-34-21(25(27,28)29)33-22(35-23)26(30,31)32/h3-12H,1-2H3. The van der Waals surface area contributed by atoms with Gasteiger partial charge >= 0.3 is 12.4 Å². The molecular weight excluding hydrogens is 482 g/mol. The second kappa shape index (κ2) is 7.05. The van der Waals surface area contributed by atoms with Crippen LogP contribution >= 0.6 is 0 Å². The predicted octanol–water partition coefficient (Wildman–Crippen LogP) is 7.31. The van der Waals surface area contributed by atoms with Crippen LogP contribution in [0.25, 0.3) is 38.9 Å². The number of rotatable bonds is 1. The van der Waals surface area contributed by atoms with Gasteiger partial charge < -0.3 is 0 Å². The van der Waals surface area contributed by atoms with Crippen molar-refractivity contribution < 1.29 is 26.3 Å². The van der Waals surface area contributed by atoms with Crippen LogP contribution in [0.5, 0.6) is 0 Å². The van der Waals surface area contributed by atoms with Crippen molar-refractivity contribution in [3.05, 3.63) is 83.4 Å². The molecule has 0 bridgehead atoms. The minimum Gasteiger partial charge on any atom is -0.277 e. The zero-order valence-electron chi connectivity index (χ0n) is 18.8. The molecule has 0 saturated carbocycles. The zero-order valence-corrected chi connectivity index (χ0v) is 18.8. The van der Waals surface area contributed by atoms with E-state index in [1.54, 1.807) is 24.3 Å². The van der Waals surface area contributed by atoms with Crippen molar-refractivity contribution in [3.8, 4) is 17.1 Å². The number of benzene rings is 3. The Morgan fingerprint density at radius 3 is 1.94 bits per heavy atom. The SMILES string of the molecule is CC1(C)c2ccccc2-c2ccc3c4ccccc4n(-c4nc(C(F)(F)F)nc(C(F)(F)F)n4)c3c21. The molecule has 0 radical (unpaired) electrons. The number of para-hydroxylation sites is 1. The lowest BCUT2D eigenvalue weighted by Gasteiger charge is -2.23. The summed E-state index contributed by atoms with van der Waals surface area (Å²) in [6.07, 6.45) is -10.4. The van der Waals surface area contributed by atoms with Gasteiger partial charge in [0.2, 0.25) is 17.6 Å². The first-order chi connectivity index (χ1) is 16.9. The molecule has 2 aromatic heterocycles. The number of alkyl halides is 6. The molecule has 0 aliphatic heterocycles. The lowest BCUT2D eigenvalue weighted by atomic mass is 9.81. The van der Waals surface area contributed by atoms with Crippen molar-refractivity contribution in [1.29, 1.82) is 0 Å². The number of hydrogen-bond acceptors (Lipinski definition) is 3. The molecular formula is C26H16F6N4. The summed E-state index contributed by atoms with van der Waals surface area (Å²) in [6, 6.07) is 18.3. The molecule has 6 rings (SSSR count). The molecule has 4 nitrogen and oxygen atoms in total. The van der Waals surface area contributed by atoms with Gasteiger partial charge in [0.1, 0.15) is 0 Å². The second-order valence-corrected chi connectivity index (χ2v) is 9.19. The van der Waals surface area contributed by atoms with Crippen molar-refractivity contribution in [2.45, 2.75) is 31.6 Å². The molecule has 1 aliphatic rings. The summed E-state index contributed by atoms with van der Waals surface area (Å²) in [4.78, 5) is 9.69. The smallest absolute Gasteiger partial charge is 0.277 e. The number of halogens is 6. The molecule has 0 spiro atoms. The van der Waals surface area contributed by atoms with Gasteiger partial charge in [-0.3, -0.25) is 4.57 Å². The van der Waals surface area contributed by atoms with E-state index in [-0.39, 0.29) is 0 Å². The Bertz CT molecular complexity index is 1660. The van der Waals surface area contributed by atoms with Crippen LogP contribution in [0.3, 0.4) is 0 Å². The van der Waals surface area contributed by atoms with Gasteiger partial charge in [-0.05, 0) is 28.3 Å². The van der Waals surface area contributed by atoms with Crippen LogP contribution < -0.4 is 0 Å². The van der Waals surface area contributed by atoms with Gasteiger partial charge in [0.15, 0.2) is 0 Å². The summed E-state index contributed by atoms with van der Waals surface area (Å²) >= 11 is 0. The second-order valence-electron chi connectivity index (χ2n) is 9.19. The third-order valence-corrected chi connectivity index (χ3v) is 6.68. The highest BCUT2D eigenvalue weighted by Gasteiger charge is 2.43. The first-order valence-corrected chi connectivity index (χ1v) is 11.0. The van der Waals surface area contributed by atoms with Gasteiger partial charge in [-0.2, -0.15) is 36.3 Å². The number of hydrogen-bond donors (Lipinski definition) is 0. The molecule has 36 heavy (non-hydrogen) atoms. The van der Waals surface area contributed by atoms with Gasteiger partial charge in [-0.15, -0.1) is 0 Å². The number of fused-ring (bicyclic) bond motifs is 7. The van der Waals surface area contributed by atoms with Gasteiger partial charge in [-0.25, -0.2) is 4.98 Å². The number of aromatic nitrogens is 4. The van der Waals surface area contributed by atoms with E-state index >= 15 is 0 Å². The average Bonchev–Trinajstić information content (AvgIpc) is 3.27. The Morgan fingerprint density at radius 1 is 0.667 bits per heavy atom. The Labute approximate surface area is 200 Å². The minimum atomic E-state index is -5.20. The molecule has 0 saturated heterocycles. The van der Waals surface area contributed by atoms with Gasteiger partial charge in [0, 0.05) is 16.2 Å². The monoisotopic (exact) mass is 498 g/mol. The van der Waals surface area contributed by atoms with E-state index in [9.17, 15) is 26.3 Å². The lowest BCUT2D eigenvalue weighted by Crippen LogP contribution is -2.22. The van der Waals surface area contributed by atoms with Crippen LogP contribution in [0.4, 0.5) is 26.3 Å². The lowest BCUT2D eigenvalue weighted by molar-refractivity contribution is -0.155. The highest BCUT2D eigenvalue weighted by molar-refractivity contribution is 6.12. The van der Waals surface area contributed by atoms with Gasteiger partial charge in [0.05, 0.1) is 11.0 Å². The van der Waals surface area contributed by atoms with Crippen LogP contribution in [0.1, 0.15) is 36.6 Å². The van der Waals surface area contributed by atoms with Crippen molar-refractivity contribution in [1.82, 2.24) is 19.5 Å². The molecule has 2 heterocycles. The van der Waals surface area contributed by atoms with E-state index in [0.29, 0.717) is 21.8 Å². The fourth-order valence-corrected chi connectivity index (χ4v) is 5.24. The summed E-state index contributed by atoms with van der Waals surface area (Å²) in [5, 5.41) is 1.33. The quantitative estimate of drug-likeness (QED) is 0.228. The molecule has 3 aromatic carbocycles. The summed E-state index contributed by atoms with van der Waals surface area (Å²) in [5.74, 6) is -4.54. The fourth-order valence-electron chi connectivity index (χ4n) is 5.24. The molecule has 5 aromatic rings. The molecule has 0 fully saturated rings. The average molecular weight is 498 g/mol. The maximum Gasteiger partial charge on any atom is 0.451 e. The molecule has 0 N–H and O–H groups in total. The van der Waals surface area contributed by atoms with Crippen molar-refractivity contribution in [2.75, 3.05) is 0 Å². The molecule has 0 unspecified atom stereocenters. The normalized spacial score (nSPS) is 14.9. The van der Waals surface area contributed by atoms with Crippen LogP contribution in [-0.2, 0) is 17.8 Å². The molecule has 182 valence electrons. The van der Waals surface area contributed by atoms with Crippen LogP contribution in [0.15, 0.2) is 60.7 Å². The van der Waals surface area contributed by atoms with Crippen molar-refractivity contribution in [3.63, 3.8) is 0 Å². The van der Waals surface area contributed by atoms with Crippen molar-refractivity contribution >= 4 is 21.8 Å². The Morgan fingerprint density at radius 2 is 1.28 bits per heavy atom. The Kier molecular flexibility index (Phi) is 4.41. The summed E-state index contributed by atoms with van der Waals surface area (Å²) < 4.78 is 82.9. The van der Waals surface area contributed by atoms with E-state index in [4.69, 9.17) is 0 Å². The summed E-state index contributed by atoms with van der Waals surface area (Å²) in [6.45, 7) is 3.96. The topological polar surface area (TPSA) is 43.6 Å². The van der Waals surface area contributed by atoms with Crippen molar-refractivity contribution in [2.24, 2.45) is 0 Å².